The van der Waals surface area contributed by atoms with Gasteiger partial charge in [0.15, 0.2) is 5.82 Å². The van der Waals surface area contributed by atoms with Gasteiger partial charge >= 0.3 is 0 Å². The maximum Gasteiger partial charge on any atom is 0.231 e. The predicted molar refractivity (Wildman–Crippen MR) is 83.3 cm³/mol. The number of benzene rings is 1. The van der Waals surface area contributed by atoms with Crippen LogP contribution >= 0.6 is 15.9 Å². The summed E-state index contributed by atoms with van der Waals surface area (Å²) in [7, 11) is 0. The first-order valence-electron chi connectivity index (χ1n) is 7.52. The van der Waals surface area contributed by atoms with Gasteiger partial charge in [-0.2, -0.15) is 4.98 Å². The molecule has 1 N–H and O–H groups in total. The second-order valence-electron chi connectivity index (χ2n) is 6.19. The molecule has 0 amide bonds. The largest absolute Gasteiger partial charge is 0.339 e. The topological polar surface area (TPSA) is 51.0 Å². The molecule has 2 aliphatic heterocycles. The number of halogens is 1. The minimum atomic E-state index is 0.413. The van der Waals surface area contributed by atoms with Crippen LogP contribution in [-0.2, 0) is 6.42 Å². The van der Waals surface area contributed by atoms with Gasteiger partial charge in [0.2, 0.25) is 5.89 Å². The maximum atomic E-state index is 5.53. The smallest absolute Gasteiger partial charge is 0.231 e. The summed E-state index contributed by atoms with van der Waals surface area (Å²) in [5.74, 6) is 2.02. The van der Waals surface area contributed by atoms with Crippen LogP contribution < -0.4 is 5.32 Å². The Morgan fingerprint density at radius 3 is 3.00 bits per heavy atom. The quantitative estimate of drug-likeness (QED) is 0.924. The molecule has 2 saturated heterocycles. The van der Waals surface area contributed by atoms with Gasteiger partial charge in [0, 0.05) is 23.0 Å². The summed E-state index contributed by atoms with van der Waals surface area (Å²) in [6.45, 7) is 2.11. The Kier molecular flexibility index (Phi) is 3.34. The number of fused-ring (bicyclic) bond motifs is 2. The lowest BCUT2D eigenvalue weighted by Gasteiger charge is -2.15. The van der Waals surface area contributed by atoms with Gasteiger partial charge in [-0.15, -0.1) is 0 Å². The van der Waals surface area contributed by atoms with Crippen molar-refractivity contribution in [3.05, 3.63) is 45.5 Å². The van der Waals surface area contributed by atoms with Crippen molar-refractivity contribution in [2.45, 2.75) is 50.6 Å². The number of nitrogens with one attached hydrogen (secondary N) is 1. The van der Waals surface area contributed by atoms with Crippen molar-refractivity contribution >= 4 is 15.9 Å². The SMILES string of the molecule is Cc1cc(Br)ccc1Cc1noc([C@@H]2C[C@@H]3CC[C@H]2N3)n1. The summed E-state index contributed by atoms with van der Waals surface area (Å²) in [4.78, 5) is 4.64. The van der Waals surface area contributed by atoms with Crippen LogP contribution in [0.15, 0.2) is 27.2 Å². The predicted octanol–water partition coefficient (Wildman–Crippen LogP) is 3.34. The van der Waals surface area contributed by atoms with Crippen LogP contribution in [0.4, 0.5) is 0 Å². The first-order chi connectivity index (χ1) is 10.2. The molecular weight excluding hydrogens is 330 g/mol. The Morgan fingerprint density at radius 1 is 1.38 bits per heavy atom. The molecule has 5 heteroatoms. The van der Waals surface area contributed by atoms with Gasteiger partial charge in [-0.25, -0.2) is 0 Å². The highest BCUT2D eigenvalue weighted by Gasteiger charge is 2.42. The highest BCUT2D eigenvalue weighted by Crippen LogP contribution is 2.39. The normalized spacial score (nSPS) is 27.4. The summed E-state index contributed by atoms with van der Waals surface area (Å²) in [6.07, 6.45) is 4.40. The molecule has 0 radical (unpaired) electrons. The van der Waals surface area contributed by atoms with E-state index in [1.807, 2.05) is 0 Å². The number of aryl methyl sites for hydroxylation is 1. The highest BCUT2D eigenvalue weighted by atomic mass is 79.9. The minimum absolute atomic E-state index is 0.413. The fraction of sp³-hybridized carbons (Fsp3) is 0.500. The Balaban J connectivity index is 1.52. The van der Waals surface area contributed by atoms with E-state index in [-0.39, 0.29) is 0 Å². The van der Waals surface area contributed by atoms with E-state index < -0.39 is 0 Å². The standard InChI is InChI=1S/C16H18BrN3O/c1-9-6-11(17)3-2-10(9)7-15-19-16(21-20-15)13-8-12-4-5-14(13)18-12/h2-3,6,12-14,18H,4-5,7-8H2,1H3/t12-,13+,14+/m0/s1. The van der Waals surface area contributed by atoms with Crippen molar-refractivity contribution in [2.24, 2.45) is 0 Å². The maximum absolute atomic E-state index is 5.53. The molecule has 4 rings (SSSR count). The van der Waals surface area contributed by atoms with Crippen LogP contribution in [0.3, 0.4) is 0 Å². The van der Waals surface area contributed by atoms with Gasteiger partial charge in [-0.1, -0.05) is 27.2 Å². The van der Waals surface area contributed by atoms with Gasteiger partial charge < -0.3 is 9.84 Å². The van der Waals surface area contributed by atoms with Crippen LogP contribution in [0.1, 0.15) is 48.0 Å². The zero-order chi connectivity index (χ0) is 14.4. The molecule has 2 bridgehead atoms. The molecule has 0 aliphatic carbocycles. The van der Waals surface area contributed by atoms with E-state index in [0.717, 1.165) is 29.0 Å². The average molecular weight is 348 g/mol. The molecule has 3 heterocycles. The second-order valence-corrected chi connectivity index (χ2v) is 7.10. The average Bonchev–Trinajstić information content (AvgIpc) is 3.17. The fourth-order valence-corrected chi connectivity index (χ4v) is 4.09. The van der Waals surface area contributed by atoms with E-state index in [0.29, 0.717) is 18.0 Å². The molecule has 1 aromatic heterocycles. The van der Waals surface area contributed by atoms with E-state index in [1.165, 1.54) is 24.0 Å². The van der Waals surface area contributed by atoms with Gasteiger partial charge in [-0.3, -0.25) is 0 Å². The Bertz CT molecular complexity index is 669. The zero-order valence-electron chi connectivity index (χ0n) is 12.0. The van der Waals surface area contributed by atoms with Crippen LogP contribution in [-0.4, -0.2) is 22.2 Å². The molecule has 3 atom stereocenters. The van der Waals surface area contributed by atoms with Crippen LogP contribution in [0.5, 0.6) is 0 Å². The molecule has 1 aromatic carbocycles. The van der Waals surface area contributed by atoms with E-state index in [1.54, 1.807) is 0 Å². The number of nitrogens with zero attached hydrogens (tertiary/aromatic N) is 2. The second kappa shape index (κ2) is 5.21. The lowest BCUT2D eigenvalue weighted by atomic mass is 9.89. The van der Waals surface area contributed by atoms with Gasteiger partial charge in [0.1, 0.15) is 0 Å². The van der Waals surface area contributed by atoms with Gasteiger partial charge in [0.25, 0.3) is 0 Å². The van der Waals surface area contributed by atoms with E-state index in [4.69, 9.17) is 4.52 Å². The van der Waals surface area contributed by atoms with E-state index in [2.05, 4.69) is 56.5 Å². The lowest BCUT2D eigenvalue weighted by Crippen LogP contribution is -2.21. The number of hydrogen-bond acceptors (Lipinski definition) is 4. The van der Waals surface area contributed by atoms with Crippen molar-refractivity contribution in [1.29, 1.82) is 0 Å². The molecule has 21 heavy (non-hydrogen) atoms. The first-order valence-corrected chi connectivity index (χ1v) is 8.32. The molecule has 2 fully saturated rings. The van der Waals surface area contributed by atoms with Crippen molar-refractivity contribution in [3.8, 4) is 0 Å². The zero-order valence-corrected chi connectivity index (χ0v) is 13.6. The number of aromatic nitrogens is 2. The molecular formula is C16H18BrN3O. The summed E-state index contributed by atoms with van der Waals surface area (Å²) < 4.78 is 6.63. The first kappa shape index (κ1) is 13.5. The number of hydrogen-bond donors (Lipinski definition) is 1. The van der Waals surface area contributed by atoms with E-state index >= 15 is 0 Å². The fourth-order valence-electron chi connectivity index (χ4n) is 3.61. The summed E-state index contributed by atoms with van der Waals surface area (Å²) in [6, 6.07) is 7.50. The Hall–Kier alpha value is -1.20. The third-order valence-electron chi connectivity index (χ3n) is 4.75. The molecule has 2 aromatic rings. The lowest BCUT2D eigenvalue weighted by molar-refractivity contribution is 0.327. The summed E-state index contributed by atoms with van der Waals surface area (Å²) in [5.41, 5.74) is 2.49. The van der Waals surface area contributed by atoms with Crippen molar-refractivity contribution in [3.63, 3.8) is 0 Å². The summed E-state index contributed by atoms with van der Waals surface area (Å²) >= 11 is 3.49. The van der Waals surface area contributed by atoms with Crippen molar-refractivity contribution in [1.82, 2.24) is 15.5 Å². The molecule has 0 spiro atoms. The van der Waals surface area contributed by atoms with Gasteiger partial charge in [-0.05, 0) is 49.4 Å². The molecule has 4 nitrogen and oxygen atoms in total. The monoisotopic (exact) mass is 347 g/mol. The van der Waals surface area contributed by atoms with Gasteiger partial charge in [0.05, 0.1) is 5.92 Å². The Labute approximate surface area is 132 Å². The molecule has 2 aliphatic rings. The summed E-state index contributed by atoms with van der Waals surface area (Å²) in [5, 5.41) is 7.80. The van der Waals surface area contributed by atoms with Crippen LogP contribution in [0.2, 0.25) is 0 Å². The van der Waals surface area contributed by atoms with E-state index in [9.17, 15) is 0 Å². The molecule has 0 unspecified atom stereocenters. The number of rotatable bonds is 3. The van der Waals surface area contributed by atoms with Crippen LogP contribution in [0, 0.1) is 6.92 Å². The highest BCUT2D eigenvalue weighted by molar-refractivity contribution is 9.10. The van der Waals surface area contributed by atoms with Crippen molar-refractivity contribution in [2.75, 3.05) is 0 Å². The molecule has 0 saturated carbocycles. The van der Waals surface area contributed by atoms with Crippen molar-refractivity contribution < 1.29 is 4.52 Å². The molecule has 110 valence electrons. The Morgan fingerprint density at radius 2 is 2.29 bits per heavy atom. The third-order valence-corrected chi connectivity index (χ3v) is 5.25. The van der Waals surface area contributed by atoms with Crippen LogP contribution in [0.25, 0.3) is 0 Å². The third kappa shape index (κ3) is 2.53. The minimum Gasteiger partial charge on any atom is -0.339 e.